The number of fused-ring (bicyclic) bond motifs is 1. The zero-order chi connectivity index (χ0) is 41.9. The second-order valence-electron chi connectivity index (χ2n) is 13.7. The molecule has 1 aromatic heterocycles. The first kappa shape index (κ1) is 42.8. The lowest BCUT2D eigenvalue weighted by molar-refractivity contribution is -0.142. The molecule has 0 aliphatic carbocycles. The summed E-state index contributed by atoms with van der Waals surface area (Å²) in [5.41, 5.74) is 1.93. The van der Waals surface area contributed by atoms with Crippen molar-refractivity contribution in [1.82, 2.24) is 9.97 Å². The predicted molar refractivity (Wildman–Crippen MR) is 220 cm³/mol. The fourth-order valence-corrected chi connectivity index (χ4v) is 6.09. The predicted octanol–water partition coefficient (Wildman–Crippen LogP) is 6.99. The van der Waals surface area contributed by atoms with Crippen LogP contribution in [0.1, 0.15) is 26.3 Å². The number of ether oxygens (including phenoxy) is 6. The van der Waals surface area contributed by atoms with E-state index in [1.165, 1.54) is 14.2 Å². The lowest BCUT2D eigenvalue weighted by Crippen LogP contribution is -2.22. The van der Waals surface area contributed by atoms with Crippen LogP contribution in [0.5, 0.6) is 28.9 Å². The number of methoxy groups -OCH3 is 2. The summed E-state index contributed by atoms with van der Waals surface area (Å²) in [6, 6.07) is 20.4. The number of hydrogen-bond acceptors (Lipinski definition) is 13. The van der Waals surface area contributed by atoms with Gasteiger partial charge in [0.15, 0.2) is 5.75 Å². The number of carboxylic acids is 1. The molecule has 0 aliphatic heterocycles. The summed E-state index contributed by atoms with van der Waals surface area (Å²) in [6.45, 7) is 6.40. The molecular formula is C40H46N6O11S. The molecule has 5 aromatic rings. The van der Waals surface area contributed by atoms with Crippen LogP contribution >= 0.6 is 0 Å². The number of nitrogens with zero attached hydrogens (tertiary/aromatic N) is 2. The van der Waals surface area contributed by atoms with Crippen LogP contribution in [0, 0.1) is 0 Å². The van der Waals surface area contributed by atoms with Gasteiger partial charge in [-0.3, -0.25) is 4.72 Å². The van der Waals surface area contributed by atoms with Gasteiger partial charge in [-0.1, -0.05) is 45.0 Å². The number of carboxylic acid groups (broad SMARTS) is 1. The van der Waals surface area contributed by atoms with E-state index in [4.69, 9.17) is 33.5 Å². The molecule has 0 bridgehead atoms. The van der Waals surface area contributed by atoms with E-state index in [0.29, 0.717) is 39.4 Å². The lowest BCUT2D eigenvalue weighted by Gasteiger charge is -2.24. The Balaban J connectivity index is 1.28. The van der Waals surface area contributed by atoms with Crippen LogP contribution in [0.15, 0.2) is 79.0 Å². The molecule has 0 unspecified atom stereocenters. The molecule has 0 saturated carbocycles. The number of rotatable bonds is 19. The van der Waals surface area contributed by atoms with Crippen LogP contribution in [0.4, 0.5) is 33.5 Å². The Morgan fingerprint density at radius 3 is 2.19 bits per heavy atom. The Kier molecular flexibility index (Phi) is 14.1. The number of nitrogens with one attached hydrogen (secondary N) is 4. The Morgan fingerprint density at radius 2 is 1.48 bits per heavy atom. The van der Waals surface area contributed by atoms with Crippen molar-refractivity contribution in [1.29, 1.82) is 0 Å². The number of aromatic nitrogens is 2. The average molecular weight is 819 g/mol. The van der Waals surface area contributed by atoms with E-state index in [0.717, 1.165) is 11.8 Å². The van der Waals surface area contributed by atoms with Crippen molar-refractivity contribution in [2.75, 3.05) is 74.2 Å². The van der Waals surface area contributed by atoms with Crippen LogP contribution in [-0.2, 0) is 29.7 Å². The zero-order valence-corrected chi connectivity index (χ0v) is 33.7. The Morgan fingerprint density at radius 1 is 0.793 bits per heavy atom. The molecule has 2 amide bonds. The molecule has 0 aliphatic rings. The van der Waals surface area contributed by atoms with Gasteiger partial charge in [0.05, 0.1) is 57.4 Å². The van der Waals surface area contributed by atoms with Gasteiger partial charge in [0.2, 0.25) is 21.9 Å². The highest BCUT2D eigenvalue weighted by atomic mass is 32.2. The fraction of sp³-hybridized carbons (Fsp3) is 0.300. The number of sulfonamides is 1. The molecule has 58 heavy (non-hydrogen) atoms. The molecule has 18 heteroatoms. The Labute approximate surface area is 336 Å². The van der Waals surface area contributed by atoms with Crippen LogP contribution in [-0.4, -0.2) is 89.0 Å². The van der Waals surface area contributed by atoms with Gasteiger partial charge in [0, 0.05) is 46.9 Å². The molecule has 0 atom stereocenters. The van der Waals surface area contributed by atoms with E-state index >= 15 is 0 Å². The summed E-state index contributed by atoms with van der Waals surface area (Å²) >= 11 is 0. The van der Waals surface area contributed by atoms with Crippen molar-refractivity contribution in [3.63, 3.8) is 0 Å². The molecule has 5 N–H and O–H groups in total. The summed E-state index contributed by atoms with van der Waals surface area (Å²) in [5.74, 6) is 1.09. The Hall–Kier alpha value is -6.37. The van der Waals surface area contributed by atoms with Gasteiger partial charge in [-0.25, -0.2) is 23.0 Å². The normalized spacial score (nSPS) is 11.4. The minimum absolute atomic E-state index is 0.155. The third-order valence-corrected chi connectivity index (χ3v) is 8.74. The molecule has 0 spiro atoms. The monoisotopic (exact) mass is 818 g/mol. The minimum Gasteiger partial charge on any atom is -0.497 e. The largest absolute Gasteiger partial charge is 0.497 e. The van der Waals surface area contributed by atoms with Gasteiger partial charge in [-0.2, -0.15) is 4.98 Å². The number of urea groups is 1. The highest BCUT2D eigenvalue weighted by Gasteiger charge is 2.23. The maximum Gasteiger partial charge on any atom is 0.329 e. The smallest absolute Gasteiger partial charge is 0.329 e. The average Bonchev–Trinajstić information content (AvgIpc) is 3.15. The highest BCUT2D eigenvalue weighted by molar-refractivity contribution is 7.92. The number of benzene rings is 4. The fourth-order valence-electron chi connectivity index (χ4n) is 5.54. The number of anilines is 5. The van der Waals surface area contributed by atoms with Crippen molar-refractivity contribution in [2.24, 2.45) is 0 Å². The van der Waals surface area contributed by atoms with E-state index < -0.39 is 22.0 Å². The first-order valence-electron chi connectivity index (χ1n) is 17.9. The van der Waals surface area contributed by atoms with Gasteiger partial charge < -0.3 is 49.5 Å². The standard InChI is InChI=1S/C40H46N6O11S/c1-40(2,3)25-19-32(37(53-5)33(20-25)46-58(6,50)51)44-39(49)43-31-11-12-34(30-10-8-7-9-29(30)31)57-35-13-14-41-38(45-35)42-26-21-27(52-4)23-28(22-26)56-18-17-54-15-16-55-24-36(47)48/h7-14,19-23,46H,15-18,24H2,1-6H3,(H,47,48)(H,41,42,45)(H2,43,44,49). The molecule has 1 heterocycles. The number of amides is 2. The molecule has 0 saturated heterocycles. The number of carbonyl (C=O) groups is 2. The molecule has 17 nitrogen and oxygen atoms in total. The van der Waals surface area contributed by atoms with Gasteiger partial charge in [0.25, 0.3) is 0 Å². The molecule has 4 aromatic carbocycles. The van der Waals surface area contributed by atoms with Gasteiger partial charge in [-0.05, 0) is 35.2 Å². The number of carbonyl (C=O) groups excluding carboxylic acids is 1. The van der Waals surface area contributed by atoms with E-state index in [1.54, 1.807) is 54.7 Å². The SMILES string of the molecule is COc1cc(Nc2nccc(Oc3ccc(NC(=O)Nc4cc(C(C)(C)C)cc(NS(C)(=O)=O)c4OC)c4ccccc34)n2)cc(OCCOCCOCC(=O)O)c1. The summed E-state index contributed by atoms with van der Waals surface area (Å²) in [6.07, 6.45) is 2.58. The van der Waals surface area contributed by atoms with Gasteiger partial charge in [-0.15, -0.1) is 0 Å². The van der Waals surface area contributed by atoms with Crippen LogP contribution in [0.25, 0.3) is 10.8 Å². The second-order valence-corrected chi connectivity index (χ2v) is 15.5. The third-order valence-electron chi connectivity index (χ3n) is 8.15. The van der Waals surface area contributed by atoms with E-state index in [9.17, 15) is 18.0 Å². The van der Waals surface area contributed by atoms with Crippen molar-refractivity contribution in [3.8, 4) is 28.9 Å². The maximum atomic E-state index is 13.5. The summed E-state index contributed by atoms with van der Waals surface area (Å²) in [7, 11) is -0.727. The highest BCUT2D eigenvalue weighted by Crippen LogP contribution is 2.40. The first-order valence-corrected chi connectivity index (χ1v) is 19.8. The topological polar surface area (TPSA) is 218 Å². The molecule has 0 fully saturated rings. The molecule has 0 radical (unpaired) electrons. The first-order chi connectivity index (χ1) is 27.6. The quantitative estimate of drug-likeness (QED) is 0.0531. The number of aliphatic carboxylic acids is 1. The maximum absolute atomic E-state index is 13.5. The van der Waals surface area contributed by atoms with Crippen molar-refractivity contribution in [2.45, 2.75) is 26.2 Å². The van der Waals surface area contributed by atoms with Crippen molar-refractivity contribution >= 4 is 61.5 Å². The Bertz CT molecular complexity index is 2350. The van der Waals surface area contributed by atoms with E-state index in [1.807, 2.05) is 45.0 Å². The summed E-state index contributed by atoms with van der Waals surface area (Å²) < 4.78 is 60.2. The van der Waals surface area contributed by atoms with Gasteiger partial charge >= 0.3 is 12.0 Å². The zero-order valence-electron chi connectivity index (χ0n) is 32.9. The van der Waals surface area contributed by atoms with Crippen LogP contribution < -0.4 is 39.6 Å². The minimum atomic E-state index is -3.65. The third kappa shape index (κ3) is 12.3. The van der Waals surface area contributed by atoms with Crippen LogP contribution in [0.2, 0.25) is 0 Å². The van der Waals surface area contributed by atoms with Crippen LogP contribution in [0.3, 0.4) is 0 Å². The lowest BCUT2D eigenvalue weighted by atomic mass is 9.86. The van der Waals surface area contributed by atoms with E-state index in [2.05, 4.69) is 30.6 Å². The molecular weight excluding hydrogens is 773 g/mol. The summed E-state index contributed by atoms with van der Waals surface area (Å²) in [4.78, 5) is 32.9. The van der Waals surface area contributed by atoms with Gasteiger partial charge in [0.1, 0.15) is 30.5 Å². The van der Waals surface area contributed by atoms with E-state index in [-0.39, 0.29) is 67.4 Å². The van der Waals surface area contributed by atoms with Crippen molar-refractivity contribution in [3.05, 3.63) is 84.6 Å². The molecule has 5 rings (SSSR count). The summed E-state index contributed by atoms with van der Waals surface area (Å²) in [5, 5.41) is 18.9. The second kappa shape index (κ2) is 19.2. The van der Waals surface area contributed by atoms with Crippen molar-refractivity contribution < 1.29 is 51.5 Å². The molecule has 308 valence electrons. The number of hydrogen-bond donors (Lipinski definition) is 5.